The number of rotatable bonds is 3. The van der Waals surface area contributed by atoms with Crippen LogP contribution in [0.2, 0.25) is 0 Å². The van der Waals surface area contributed by atoms with Gasteiger partial charge in [0.2, 0.25) is 0 Å². The number of ether oxygens (including phenoxy) is 2. The highest BCUT2D eigenvalue weighted by molar-refractivity contribution is 5.82. The van der Waals surface area contributed by atoms with E-state index in [-0.39, 0.29) is 23.0 Å². The zero-order chi connectivity index (χ0) is 13.3. The predicted molar refractivity (Wildman–Crippen MR) is 70.8 cm³/mol. The molecule has 19 heavy (non-hydrogen) atoms. The molecular weight excluding hydrogens is 240 g/mol. The highest BCUT2D eigenvalue weighted by Crippen LogP contribution is 2.59. The second-order valence-electron chi connectivity index (χ2n) is 7.07. The lowest BCUT2D eigenvalue weighted by Crippen LogP contribution is -2.45. The molecule has 2 aliphatic heterocycles. The van der Waals surface area contributed by atoms with E-state index >= 15 is 0 Å². The molecule has 4 fully saturated rings. The molecule has 0 radical (unpaired) electrons. The number of carbonyl (C=O) groups excluding carboxylic acids is 1. The maximum Gasteiger partial charge on any atom is 0.136 e. The second-order valence-corrected chi connectivity index (χ2v) is 7.07. The summed E-state index contributed by atoms with van der Waals surface area (Å²) in [5.74, 6) is 0.821. The first-order chi connectivity index (χ1) is 9.03. The van der Waals surface area contributed by atoms with Crippen molar-refractivity contribution in [3.63, 3.8) is 0 Å². The van der Waals surface area contributed by atoms with Gasteiger partial charge < -0.3 is 9.47 Å². The molecule has 5 atom stereocenters. The Kier molecular flexibility index (Phi) is 2.36. The van der Waals surface area contributed by atoms with Gasteiger partial charge in [-0.05, 0) is 32.6 Å². The summed E-state index contributed by atoms with van der Waals surface area (Å²) in [5.41, 5.74) is 1.41. The standard InChI is InChI=1S/C16H22O3/c1-10-8-16(9-18-16)13(7-12(10)17)15(2)14(19-15)6-5-11-3-4-11/h5,10,13-14H,3-4,6-9H2,1-2H3. The lowest BCUT2D eigenvalue weighted by atomic mass is 9.67. The molecule has 4 rings (SSSR count). The van der Waals surface area contributed by atoms with Crippen molar-refractivity contribution >= 4 is 5.78 Å². The van der Waals surface area contributed by atoms with Crippen LogP contribution >= 0.6 is 0 Å². The van der Waals surface area contributed by atoms with E-state index in [1.165, 1.54) is 12.8 Å². The summed E-state index contributed by atoms with van der Waals surface area (Å²) in [7, 11) is 0. The fourth-order valence-corrected chi connectivity index (χ4v) is 3.91. The van der Waals surface area contributed by atoms with Crippen molar-refractivity contribution in [2.75, 3.05) is 6.61 Å². The maximum absolute atomic E-state index is 12.1. The third-order valence-electron chi connectivity index (χ3n) is 5.59. The van der Waals surface area contributed by atoms with Crippen molar-refractivity contribution in [2.24, 2.45) is 11.8 Å². The van der Waals surface area contributed by atoms with Crippen molar-refractivity contribution in [1.29, 1.82) is 0 Å². The zero-order valence-electron chi connectivity index (χ0n) is 11.8. The lowest BCUT2D eigenvalue weighted by Gasteiger charge is -2.34. The second kappa shape index (κ2) is 3.70. The summed E-state index contributed by atoms with van der Waals surface area (Å²) in [6.45, 7) is 5.04. The van der Waals surface area contributed by atoms with Gasteiger partial charge >= 0.3 is 0 Å². The number of hydrogen-bond donors (Lipinski definition) is 0. The third-order valence-corrected chi connectivity index (χ3v) is 5.59. The largest absolute Gasteiger partial charge is 0.369 e. The Hall–Kier alpha value is -0.670. The van der Waals surface area contributed by atoms with Gasteiger partial charge in [-0.15, -0.1) is 0 Å². The summed E-state index contributed by atoms with van der Waals surface area (Å²) in [4.78, 5) is 12.1. The van der Waals surface area contributed by atoms with E-state index in [4.69, 9.17) is 9.47 Å². The van der Waals surface area contributed by atoms with Crippen molar-refractivity contribution in [1.82, 2.24) is 0 Å². The van der Waals surface area contributed by atoms with Crippen molar-refractivity contribution in [3.8, 4) is 0 Å². The Labute approximate surface area is 114 Å². The Morgan fingerprint density at radius 3 is 2.79 bits per heavy atom. The molecule has 3 nitrogen and oxygen atoms in total. The number of hydrogen-bond acceptors (Lipinski definition) is 3. The third kappa shape index (κ3) is 1.90. The zero-order valence-corrected chi connectivity index (χ0v) is 11.8. The Balaban J connectivity index is 1.49. The number of Topliss-reactive ketones (excluding diaryl/α,β-unsaturated/α-hetero) is 1. The van der Waals surface area contributed by atoms with Crippen LogP contribution in [0, 0.1) is 11.8 Å². The first kappa shape index (κ1) is 12.1. The molecule has 3 heteroatoms. The Morgan fingerprint density at radius 1 is 1.42 bits per heavy atom. The van der Waals surface area contributed by atoms with Crippen LogP contribution in [0.3, 0.4) is 0 Å². The van der Waals surface area contributed by atoms with Crippen LogP contribution in [-0.4, -0.2) is 29.7 Å². The molecule has 1 spiro atoms. The van der Waals surface area contributed by atoms with Gasteiger partial charge in [-0.3, -0.25) is 4.79 Å². The lowest BCUT2D eigenvalue weighted by molar-refractivity contribution is -0.129. The molecule has 0 amide bonds. The Bertz CT molecular complexity index is 457. The molecule has 0 aromatic rings. The number of epoxide rings is 2. The van der Waals surface area contributed by atoms with E-state index in [0.717, 1.165) is 19.4 Å². The van der Waals surface area contributed by atoms with Crippen LogP contribution in [-0.2, 0) is 14.3 Å². The van der Waals surface area contributed by atoms with Gasteiger partial charge in [0.25, 0.3) is 0 Å². The number of ketones is 1. The van der Waals surface area contributed by atoms with Gasteiger partial charge in [-0.1, -0.05) is 18.6 Å². The fraction of sp³-hybridized carbons (Fsp3) is 0.812. The molecule has 0 aromatic carbocycles. The minimum absolute atomic E-state index is 0.0381. The summed E-state index contributed by atoms with van der Waals surface area (Å²) in [6, 6.07) is 0. The summed E-state index contributed by atoms with van der Waals surface area (Å²) in [5, 5.41) is 0. The van der Waals surface area contributed by atoms with E-state index in [9.17, 15) is 4.79 Å². The average molecular weight is 262 g/mol. The minimum Gasteiger partial charge on any atom is -0.369 e. The number of allylic oxidation sites excluding steroid dienone is 1. The first-order valence-corrected chi connectivity index (χ1v) is 7.56. The summed E-state index contributed by atoms with van der Waals surface area (Å²) >= 11 is 0. The van der Waals surface area contributed by atoms with E-state index in [1.807, 2.05) is 6.92 Å². The molecule has 2 aliphatic carbocycles. The molecule has 0 bridgehead atoms. The van der Waals surface area contributed by atoms with Crippen LogP contribution < -0.4 is 0 Å². The molecule has 2 heterocycles. The topological polar surface area (TPSA) is 42.1 Å². The molecule has 2 saturated heterocycles. The normalized spacial score (nSPS) is 51.4. The summed E-state index contributed by atoms with van der Waals surface area (Å²) < 4.78 is 11.8. The SMILES string of the molecule is CC1CC2(CO2)C(C2(C)OC2CC=C2CC2)CC1=O. The van der Waals surface area contributed by atoms with Gasteiger partial charge in [0.05, 0.1) is 23.9 Å². The molecule has 104 valence electrons. The smallest absolute Gasteiger partial charge is 0.136 e. The Morgan fingerprint density at radius 2 is 2.16 bits per heavy atom. The van der Waals surface area contributed by atoms with Crippen LogP contribution in [0.25, 0.3) is 0 Å². The minimum atomic E-state index is -0.127. The van der Waals surface area contributed by atoms with E-state index in [0.29, 0.717) is 18.3 Å². The van der Waals surface area contributed by atoms with Crippen LogP contribution in [0.1, 0.15) is 46.0 Å². The molecular formula is C16H22O3. The van der Waals surface area contributed by atoms with Gasteiger partial charge in [0, 0.05) is 18.3 Å². The van der Waals surface area contributed by atoms with Crippen LogP contribution in [0.5, 0.6) is 0 Å². The van der Waals surface area contributed by atoms with Crippen LogP contribution in [0.15, 0.2) is 11.6 Å². The highest BCUT2D eigenvalue weighted by Gasteiger charge is 2.69. The average Bonchev–Trinajstić information content (AvgIpc) is 3.21. The van der Waals surface area contributed by atoms with E-state index in [2.05, 4.69) is 13.0 Å². The van der Waals surface area contributed by atoms with Gasteiger partial charge in [-0.2, -0.15) is 0 Å². The van der Waals surface area contributed by atoms with Crippen LogP contribution in [0.4, 0.5) is 0 Å². The molecule has 0 N–H and O–H groups in total. The van der Waals surface area contributed by atoms with E-state index < -0.39 is 0 Å². The van der Waals surface area contributed by atoms with Gasteiger partial charge in [0.1, 0.15) is 5.78 Å². The summed E-state index contributed by atoms with van der Waals surface area (Å²) in [6.07, 6.45) is 7.74. The van der Waals surface area contributed by atoms with Crippen molar-refractivity contribution < 1.29 is 14.3 Å². The predicted octanol–water partition coefficient (Wildman–Crippen LogP) is 2.64. The van der Waals surface area contributed by atoms with Gasteiger partial charge in [-0.25, -0.2) is 0 Å². The molecule has 5 unspecified atom stereocenters. The number of carbonyl (C=O) groups is 1. The van der Waals surface area contributed by atoms with Crippen molar-refractivity contribution in [3.05, 3.63) is 11.6 Å². The quantitative estimate of drug-likeness (QED) is 0.580. The molecule has 0 aromatic heterocycles. The van der Waals surface area contributed by atoms with E-state index in [1.54, 1.807) is 5.57 Å². The highest BCUT2D eigenvalue weighted by atomic mass is 16.6. The molecule has 4 aliphatic rings. The fourth-order valence-electron chi connectivity index (χ4n) is 3.91. The molecule has 2 saturated carbocycles. The first-order valence-electron chi connectivity index (χ1n) is 7.56. The monoisotopic (exact) mass is 262 g/mol. The van der Waals surface area contributed by atoms with Gasteiger partial charge in [0.15, 0.2) is 0 Å². The van der Waals surface area contributed by atoms with Crippen molar-refractivity contribution in [2.45, 2.75) is 63.3 Å². The maximum atomic E-state index is 12.1.